The minimum atomic E-state index is 0.213. The lowest BCUT2D eigenvalue weighted by Gasteiger charge is -2.35. The summed E-state index contributed by atoms with van der Waals surface area (Å²) in [6.07, 6.45) is 0.772. The molecule has 0 amide bonds. The molecule has 0 spiro atoms. The third-order valence-electron chi connectivity index (χ3n) is 4.51. The van der Waals surface area contributed by atoms with E-state index in [-0.39, 0.29) is 6.61 Å². The quantitative estimate of drug-likeness (QED) is 0.785. The Balaban J connectivity index is 1.75. The molecular formula is C18H22N4OS. The van der Waals surface area contributed by atoms with E-state index in [1.54, 1.807) is 11.3 Å². The lowest BCUT2D eigenvalue weighted by molar-refractivity contribution is 0.223. The van der Waals surface area contributed by atoms with Crippen LogP contribution < -0.4 is 10.6 Å². The van der Waals surface area contributed by atoms with Gasteiger partial charge in [0, 0.05) is 37.2 Å². The zero-order valence-corrected chi connectivity index (χ0v) is 14.6. The van der Waals surface area contributed by atoms with Gasteiger partial charge in [0.25, 0.3) is 0 Å². The molecule has 1 unspecified atom stereocenters. The molecule has 3 N–H and O–H groups in total. The molecule has 2 aliphatic rings. The Labute approximate surface area is 146 Å². The van der Waals surface area contributed by atoms with E-state index in [0.29, 0.717) is 6.04 Å². The van der Waals surface area contributed by atoms with Crippen molar-refractivity contribution in [3.05, 3.63) is 40.8 Å². The number of aliphatic hydroxyl groups is 1. The van der Waals surface area contributed by atoms with Gasteiger partial charge in [-0.1, -0.05) is 12.1 Å². The van der Waals surface area contributed by atoms with E-state index < -0.39 is 0 Å². The maximum atomic E-state index is 9.25. The van der Waals surface area contributed by atoms with E-state index in [9.17, 15) is 5.11 Å². The lowest BCUT2D eigenvalue weighted by Crippen LogP contribution is -2.53. The number of aryl methyl sites for hydroxylation is 1. The van der Waals surface area contributed by atoms with E-state index in [1.807, 2.05) is 12.1 Å². The van der Waals surface area contributed by atoms with Crippen LogP contribution >= 0.6 is 11.3 Å². The summed E-state index contributed by atoms with van der Waals surface area (Å²) < 4.78 is 0. The zero-order chi connectivity index (χ0) is 16.5. The van der Waals surface area contributed by atoms with Crippen molar-refractivity contribution in [2.45, 2.75) is 19.4 Å². The highest BCUT2D eigenvalue weighted by atomic mass is 32.1. The molecule has 24 heavy (non-hydrogen) atoms. The highest BCUT2D eigenvalue weighted by molar-refractivity contribution is 7.16. The molecule has 0 radical (unpaired) electrons. The second-order valence-corrected chi connectivity index (χ2v) is 7.54. The normalized spacial score (nSPS) is 19.8. The molecule has 1 saturated heterocycles. The van der Waals surface area contributed by atoms with Crippen molar-refractivity contribution in [2.24, 2.45) is 4.99 Å². The minimum absolute atomic E-state index is 0.213. The molecule has 0 bridgehead atoms. The minimum Gasteiger partial charge on any atom is -0.396 e. The first kappa shape index (κ1) is 15.6. The highest BCUT2D eigenvalue weighted by Gasteiger charge is 2.27. The molecule has 1 aromatic heterocycles. The van der Waals surface area contributed by atoms with Gasteiger partial charge in [0.15, 0.2) is 0 Å². The Bertz CT molecular complexity index is 768. The molecule has 3 heterocycles. The smallest absolute Gasteiger partial charge is 0.139 e. The number of thiophene rings is 1. The third-order valence-corrected chi connectivity index (χ3v) is 5.47. The van der Waals surface area contributed by atoms with E-state index in [1.165, 1.54) is 10.4 Å². The number of rotatable bonds is 2. The molecule has 126 valence electrons. The van der Waals surface area contributed by atoms with Crippen molar-refractivity contribution < 1.29 is 5.11 Å². The number of anilines is 2. The molecule has 5 nitrogen and oxygen atoms in total. The van der Waals surface area contributed by atoms with E-state index in [0.717, 1.165) is 48.3 Å². The lowest BCUT2D eigenvalue weighted by atomic mass is 10.1. The number of nitrogens with zero attached hydrogens (tertiary/aromatic N) is 2. The van der Waals surface area contributed by atoms with Crippen molar-refractivity contribution in [1.29, 1.82) is 0 Å². The number of aliphatic hydroxyl groups excluding tert-OH is 1. The third kappa shape index (κ3) is 2.92. The molecule has 6 heteroatoms. The zero-order valence-electron chi connectivity index (χ0n) is 13.7. The van der Waals surface area contributed by atoms with Gasteiger partial charge in [-0.25, -0.2) is 4.99 Å². The molecule has 1 atom stereocenters. The molecule has 0 aliphatic carbocycles. The summed E-state index contributed by atoms with van der Waals surface area (Å²) in [5, 5.41) is 17.4. The van der Waals surface area contributed by atoms with Gasteiger partial charge < -0.3 is 20.6 Å². The van der Waals surface area contributed by atoms with E-state index in [4.69, 9.17) is 4.99 Å². The van der Waals surface area contributed by atoms with Gasteiger partial charge in [0.1, 0.15) is 10.8 Å². The van der Waals surface area contributed by atoms with Crippen molar-refractivity contribution >= 4 is 33.5 Å². The molecule has 1 fully saturated rings. The Morgan fingerprint density at radius 1 is 1.38 bits per heavy atom. The van der Waals surface area contributed by atoms with Crippen LogP contribution in [0.4, 0.5) is 16.4 Å². The number of fused-ring (bicyclic) bond motifs is 2. The maximum Gasteiger partial charge on any atom is 0.139 e. The van der Waals surface area contributed by atoms with Crippen LogP contribution in [0.1, 0.15) is 16.9 Å². The Morgan fingerprint density at radius 3 is 3.12 bits per heavy atom. The largest absolute Gasteiger partial charge is 0.396 e. The van der Waals surface area contributed by atoms with Gasteiger partial charge in [-0.05, 0) is 31.5 Å². The van der Waals surface area contributed by atoms with Crippen LogP contribution in [0, 0.1) is 6.92 Å². The first-order valence-corrected chi connectivity index (χ1v) is 9.21. The standard InChI is InChI=1S/C18H22N4OS/c1-12-10-14-17(22-8-7-19-13(11-22)6-9-23)20-15-4-2-3-5-16(15)21-18(14)24-12/h2-5,10,13,19,21,23H,6-9,11H2,1H3. The summed E-state index contributed by atoms with van der Waals surface area (Å²) in [4.78, 5) is 8.64. The molecule has 0 saturated carbocycles. The van der Waals surface area contributed by atoms with E-state index >= 15 is 0 Å². The summed E-state index contributed by atoms with van der Waals surface area (Å²) in [7, 11) is 0. The van der Waals surface area contributed by atoms with Crippen LogP contribution in [-0.2, 0) is 0 Å². The van der Waals surface area contributed by atoms with Crippen molar-refractivity contribution in [3.63, 3.8) is 0 Å². The molecule has 1 aromatic carbocycles. The molecular weight excluding hydrogens is 320 g/mol. The number of piperazine rings is 1. The van der Waals surface area contributed by atoms with Gasteiger partial charge in [0.2, 0.25) is 0 Å². The number of aliphatic imine (C=N–C) groups is 1. The number of amidine groups is 1. The monoisotopic (exact) mass is 342 g/mol. The van der Waals surface area contributed by atoms with Gasteiger partial charge in [-0.15, -0.1) is 11.3 Å². The van der Waals surface area contributed by atoms with Crippen LogP contribution in [0.15, 0.2) is 35.3 Å². The van der Waals surface area contributed by atoms with Crippen LogP contribution in [0.5, 0.6) is 0 Å². The second-order valence-electron chi connectivity index (χ2n) is 6.29. The number of hydrogen-bond acceptors (Lipinski definition) is 6. The molecule has 2 aliphatic heterocycles. The van der Waals surface area contributed by atoms with Crippen LogP contribution in [0.3, 0.4) is 0 Å². The summed E-state index contributed by atoms with van der Waals surface area (Å²) in [5.41, 5.74) is 3.21. The fourth-order valence-corrected chi connectivity index (χ4v) is 4.27. The van der Waals surface area contributed by atoms with Gasteiger partial charge in [-0.3, -0.25) is 0 Å². The number of hydrogen-bond donors (Lipinski definition) is 3. The van der Waals surface area contributed by atoms with Gasteiger partial charge in [-0.2, -0.15) is 0 Å². The Morgan fingerprint density at radius 2 is 2.25 bits per heavy atom. The van der Waals surface area contributed by atoms with Crippen LogP contribution in [0.2, 0.25) is 0 Å². The van der Waals surface area contributed by atoms with Gasteiger partial charge >= 0.3 is 0 Å². The average Bonchev–Trinajstić information content (AvgIpc) is 2.87. The second kappa shape index (κ2) is 6.55. The van der Waals surface area contributed by atoms with Crippen LogP contribution in [0.25, 0.3) is 0 Å². The molecule has 2 aromatic rings. The van der Waals surface area contributed by atoms with Crippen molar-refractivity contribution in [1.82, 2.24) is 10.2 Å². The predicted octanol–water partition coefficient (Wildman–Crippen LogP) is 2.85. The number of nitrogens with one attached hydrogen (secondary N) is 2. The average molecular weight is 342 g/mol. The fraction of sp³-hybridized carbons (Fsp3) is 0.389. The molecule has 4 rings (SSSR count). The van der Waals surface area contributed by atoms with Crippen molar-refractivity contribution in [3.8, 4) is 0 Å². The summed E-state index contributed by atoms with van der Waals surface area (Å²) in [6, 6.07) is 10.7. The number of benzene rings is 1. The summed E-state index contributed by atoms with van der Waals surface area (Å²) in [6.45, 7) is 5.06. The highest BCUT2D eigenvalue weighted by Crippen LogP contribution is 2.39. The predicted molar refractivity (Wildman–Crippen MR) is 100 cm³/mol. The first-order chi connectivity index (χ1) is 11.7. The van der Waals surface area contributed by atoms with Crippen molar-refractivity contribution in [2.75, 3.05) is 31.6 Å². The number of para-hydroxylation sites is 2. The SMILES string of the molecule is Cc1cc2c(s1)Nc1ccccc1N=C2N1CCNC(CCO)C1. The van der Waals surface area contributed by atoms with Gasteiger partial charge in [0.05, 0.1) is 16.9 Å². The topological polar surface area (TPSA) is 59.9 Å². The summed E-state index contributed by atoms with van der Waals surface area (Å²) >= 11 is 1.77. The van der Waals surface area contributed by atoms with Crippen LogP contribution in [-0.4, -0.2) is 48.1 Å². The first-order valence-electron chi connectivity index (χ1n) is 8.39. The Kier molecular flexibility index (Phi) is 4.26. The summed E-state index contributed by atoms with van der Waals surface area (Å²) in [5.74, 6) is 1.04. The maximum absolute atomic E-state index is 9.25. The fourth-order valence-electron chi connectivity index (χ4n) is 3.35. The Hall–Kier alpha value is -1.89. The van der Waals surface area contributed by atoms with E-state index in [2.05, 4.69) is 40.7 Å².